The first-order valence-corrected chi connectivity index (χ1v) is 10.7. The van der Waals surface area contributed by atoms with Gasteiger partial charge in [0.2, 0.25) is 0 Å². The molecule has 5 rings (SSSR count). The second-order valence-electron chi connectivity index (χ2n) is 9.24. The van der Waals surface area contributed by atoms with Crippen LogP contribution < -0.4 is 10.1 Å². The van der Waals surface area contributed by atoms with Gasteiger partial charge in [-0.2, -0.15) is 0 Å². The lowest BCUT2D eigenvalue weighted by Crippen LogP contribution is -2.39. The molecule has 2 heterocycles. The fraction of sp³-hybridized carbons (Fsp3) is 0.696. The van der Waals surface area contributed by atoms with Gasteiger partial charge in [-0.1, -0.05) is 19.1 Å². The minimum absolute atomic E-state index is 0.0992. The number of carbonyl (C=O) groups excluding carboxylic acids is 1. The molecule has 4 unspecified atom stereocenters. The minimum atomic E-state index is -0.100. The molecule has 0 aromatic heterocycles. The van der Waals surface area contributed by atoms with Crippen LogP contribution >= 0.6 is 0 Å². The van der Waals surface area contributed by atoms with Crippen molar-refractivity contribution in [2.24, 2.45) is 23.7 Å². The van der Waals surface area contributed by atoms with Gasteiger partial charge in [-0.05, 0) is 80.0 Å². The van der Waals surface area contributed by atoms with E-state index in [4.69, 9.17) is 9.47 Å². The Hall–Kier alpha value is -1.55. The van der Waals surface area contributed by atoms with Crippen LogP contribution in [-0.2, 0) is 16.0 Å². The standard InChI is InChI=1S/C23H31NO3/c1-13(23(25)26-2)22(15-4-5-15)16-6-3-14-7-8-20(27-21(14)10-16)19-11-18-9-17(19)12-24-18/h3,6,10,13,15,17-20,22,24H,4-5,7-9,11-12H2,1-2H3/t13-,17?,18?,19?,20?,22-/m0/s1. The van der Waals surface area contributed by atoms with Gasteiger partial charge in [0.25, 0.3) is 0 Å². The summed E-state index contributed by atoms with van der Waals surface area (Å²) in [6, 6.07) is 7.43. The van der Waals surface area contributed by atoms with E-state index in [1.54, 1.807) is 0 Å². The normalized spacial score (nSPS) is 33.9. The molecule has 2 bridgehead atoms. The molecule has 3 fully saturated rings. The highest BCUT2D eigenvalue weighted by molar-refractivity contribution is 5.73. The van der Waals surface area contributed by atoms with Gasteiger partial charge in [0.05, 0.1) is 13.0 Å². The van der Waals surface area contributed by atoms with Gasteiger partial charge in [-0.15, -0.1) is 0 Å². The zero-order valence-corrected chi connectivity index (χ0v) is 16.4. The number of esters is 1. The molecule has 4 aliphatic rings. The maximum Gasteiger partial charge on any atom is 0.309 e. The molecule has 1 saturated heterocycles. The molecule has 146 valence electrons. The highest BCUT2D eigenvalue weighted by Gasteiger charge is 2.45. The number of methoxy groups -OCH3 is 1. The molecular weight excluding hydrogens is 338 g/mol. The topological polar surface area (TPSA) is 47.6 Å². The third-order valence-corrected chi connectivity index (χ3v) is 7.59. The number of aryl methyl sites for hydroxylation is 1. The number of hydrogen-bond acceptors (Lipinski definition) is 4. The Labute approximate surface area is 162 Å². The van der Waals surface area contributed by atoms with Crippen LogP contribution in [0.1, 0.15) is 56.1 Å². The molecular formula is C23H31NO3. The smallest absolute Gasteiger partial charge is 0.309 e. The van der Waals surface area contributed by atoms with E-state index in [-0.39, 0.29) is 17.8 Å². The van der Waals surface area contributed by atoms with Crippen LogP contribution in [0.15, 0.2) is 18.2 Å². The number of carbonyl (C=O) groups is 1. The molecule has 2 aliphatic carbocycles. The zero-order valence-electron chi connectivity index (χ0n) is 16.4. The molecule has 4 heteroatoms. The summed E-state index contributed by atoms with van der Waals surface area (Å²) in [5.41, 5.74) is 2.58. The molecule has 0 spiro atoms. The number of ether oxygens (including phenoxy) is 2. The molecule has 27 heavy (non-hydrogen) atoms. The van der Waals surface area contributed by atoms with Gasteiger partial charge in [-0.25, -0.2) is 0 Å². The second-order valence-corrected chi connectivity index (χ2v) is 9.24. The molecule has 2 aliphatic heterocycles. The predicted molar refractivity (Wildman–Crippen MR) is 104 cm³/mol. The van der Waals surface area contributed by atoms with E-state index in [9.17, 15) is 4.79 Å². The number of piperidine rings is 1. The van der Waals surface area contributed by atoms with Crippen LogP contribution in [0.25, 0.3) is 0 Å². The summed E-state index contributed by atoms with van der Waals surface area (Å²) in [5.74, 6) is 3.23. The van der Waals surface area contributed by atoms with Gasteiger partial charge >= 0.3 is 5.97 Å². The Balaban J connectivity index is 1.37. The Morgan fingerprint density at radius 1 is 1.26 bits per heavy atom. The summed E-state index contributed by atoms with van der Waals surface area (Å²) in [7, 11) is 1.49. The van der Waals surface area contributed by atoms with Crippen molar-refractivity contribution in [1.29, 1.82) is 0 Å². The van der Waals surface area contributed by atoms with Gasteiger partial charge < -0.3 is 14.8 Å². The fourth-order valence-corrected chi connectivity index (χ4v) is 6.01. The van der Waals surface area contributed by atoms with Gasteiger partial charge in [0.1, 0.15) is 11.9 Å². The van der Waals surface area contributed by atoms with Crippen molar-refractivity contribution in [1.82, 2.24) is 5.32 Å². The third kappa shape index (κ3) is 3.16. The lowest BCUT2D eigenvalue weighted by atomic mass is 9.81. The van der Waals surface area contributed by atoms with Crippen molar-refractivity contribution in [3.8, 4) is 5.75 Å². The van der Waals surface area contributed by atoms with E-state index in [2.05, 4.69) is 23.5 Å². The summed E-state index contributed by atoms with van der Waals surface area (Å²) in [6.45, 7) is 3.18. The van der Waals surface area contributed by atoms with Crippen LogP contribution in [0.3, 0.4) is 0 Å². The molecule has 0 amide bonds. The second kappa shape index (κ2) is 6.80. The first kappa shape index (κ1) is 17.5. The summed E-state index contributed by atoms with van der Waals surface area (Å²) < 4.78 is 11.6. The highest BCUT2D eigenvalue weighted by Crippen LogP contribution is 2.49. The number of rotatable bonds is 5. The van der Waals surface area contributed by atoms with E-state index in [1.807, 2.05) is 6.92 Å². The molecule has 6 atom stereocenters. The highest BCUT2D eigenvalue weighted by atomic mass is 16.5. The van der Waals surface area contributed by atoms with Crippen LogP contribution in [0.2, 0.25) is 0 Å². The average molecular weight is 370 g/mol. The maximum absolute atomic E-state index is 12.2. The van der Waals surface area contributed by atoms with E-state index in [0.717, 1.165) is 30.6 Å². The molecule has 2 saturated carbocycles. The van der Waals surface area contributed by atoms with Crippen molar-refractivity contribution >= 4 is 5.97 Å². The lowest BCUT2D eigenvalue weighted by molar-refractivity contribution is -0.145. The maximum atomic E-state index is 12.2. The van der Waals surface area contributed by atoms with Crippen molar-refractivity contribution in [2.75, 3.05) is 13.7 Å². The van der Waals surface area contributed by atoms with Crippen LogP contribution in [-0.4, -0.2) is 31.8 Å². The summed E-state index contributed by atoms with van der Waals surface area (Å²) in [5, 5.41) is 3.62. The van der Waals surface area contributed by atoms with E-state index >= 15 is 0 Å². The summed E-state index contributed by atoms with van der Waals surface area (Å²) >= 11 is 0. The van der Waals surface area contributed by atoms with E-state index in [1.165, 1.54) is 50.5 Å². The first-order chi connectivity index (χ1) is 13.1. The van der Waals surface area contributed by atoms with Crippen molar-refractivity contribution in [3.63, 3.8) is 0 Å². The van der Waals surface area contributed by atoms with Crippen molar-refractivity contribution in [2.45, 2.75) is 63.5 Å². The summed E-state index contributed by atoms with van der Waals surface area (Å²) in [4.78, 5) is 12.2. The average Bonchev–Trinajstić information content (AvgIpc) is 3.29. The van der Waals surface area contributed by atoms with Crippen LogP contribution in [0, 0.1) is 23.7 Å². The van der Waals surface area contributed by atoms with Crippen molar-refractivity contribution < 1.29 is 14.3 Å². The molecule has 1 aromatic rings. The van der Waals surface area contributed by atoms with E-state index < -0.39 is 0 Å². The summed E-state index contributed by atoms with van der Waals surface area (Å²) in [6.07, 6.45) is 7.65. The van der Waals surface area contributed by atoms with Gasteiger partial charge in [0.15, 0.2) is 0 Å². The third-order valence-electron chi connectivity index (χ3n) is 7.59. The quantitative estimate of drug-likeness (QED) is 0.805. The van der Waals surface area contributed by atoms with E-state index in [0.29, 0.717) is 17.9 Å². The molecule has 1 N–H and O–H groups in total. The number of hydrogen-bond donors (Lipinski definition) is 1. The predicted octanol–water partition coefficient (Wildman–Crippen LogP) is 3.68. The Morgan fingerprint density at radius 3 is 2.78 bits per heavy atom. The largest absolute Gasteiger partial charge is 0.490 e. The SMILES string of the molecule is COC(=O)[C@@H](C)[C@H](c1ccc2c(c1)OC(C1CC3CC1CN3)CC2)C1CC1. The number of nitrogens with one attached hydrogen (secondary N) is 1. The zero-order chi connectivity index (χ0) is 18.5. The van der Waals surface area contributed by atoms with Crippen LogP contribution in [0.4, 0.5) is 0 Å². The van der Waals surface area contributed by atoms with Crippen molar-refractivity contribution in [3.05, 3.63) is 29.3 Å². The number of benzene rings is 1. The van der Waals surface area contributed by atoms with Crippen LogP contribution in [0.5, 0.6) is 5.75 Å². The monoisotopic (exact) mass is 369 g/mol. The minimum Gasteiger partial charge on any atom is -0.490 e. The molecule has 0 radical (unpaired) electrons. The Kier molecular flexibility index (Phi) is 4.42. The lowest BCUT2D eigenvalue weighted by Gasteiger charge is -2.35. The Bertz CT molecular complexity index is 728. The van der Waals surface area contributed by atoms with Gasteiger partial charge in [0, 0.05) is 12.0 Å². The molecule has 4 nitrogen and oxygen atoms in total. The number of fused-ring (bicyclic) bond motifs is 3. The Morgan fingerprint density at radius 2 is 2.11 bits per heavy atom. The molecule has 1 aromatic carbocycles. The first-order valence-electron chi connectivity index (χ1n) is 10.7. The fourth-order valence-electron chi connectivity index (χ4n) is 6.01. The van der Waals surface area contributed by atoms with Gasteiger partial charge in [-0.3, -0.25) is 4.79 Å².